The summed E-state index contributed by atoms with van der Waals surface area (Å²) < 4.78 is 13.2. The lowest BCUT2D eigenvalue weighted by molar-refractivity contribution is 0.240. The predicted octanol–water partition coefficient (Wildman–Crippen LogP) is 2.87. The molecule has 0 spiro atoms. The summed E-state index contributed by atoms with van der Waals surface area (Å²) in [5, 5.41) is 6.83. The molecule has 0 radical (unpaired) electrons. The highest BCUT2D eigenvalue weighted by molar-refractivity contribution is 5.84. The van der Waals surface area contributed by atoms with Crippen LogP contribution in [0.3, 0.4) is 0 Å². The summed E-state index contributed by atoms with van der Waals surface area (Å²) in [5.41, 5.74) is 2.96. The molecule has 112 valence electrons. The number of aromatic amines is 1. The molecule has 1 saturated carbocycles. The van der Waals surface area contributed by atoms with Gasteiger partial charge in [0.1, 0.15) is 5.82 Å². The van der Waals surface area contributed by atoms with Crippen LogP contribution in [0.15, 0.2) is 18.2 Å². The summed E-state index contributed by atoms with van der Waals surface area (Å²) in [6, 6.07) is 4.99. The van der Waals surface area contributed by atoms with Crippen LogP contribution < -0.4 is 10.6 Å². The van der Waals surface area contributed by atoms with Crippen molar-refractivity contribution < 1.29 is 9.18 Å². The normalized spacial score (nSPS) is 20.5. The van der Waals surface area contributed by atoms with E-state index in [1.54, 1.807) is 6.07 Å². The van der Waals surface area contributed by atoms with Gasteiger partial charge in [-0.15, -0.1) is 0 Å². The Bertz CT molecular complexity index is 679. The molecule has 21 heavy (non-hydrogen) atoms. The van der Waals surface area contributed by atoms with E-state index in [2.05, 4.69) is 22.5 Å². The molecule has 1 heterocycles. The number of urea groups is 1. The molecule has 2 atom stereocenters. The van der Waals surface area contributed by atoms with Crippen molar-refractivity contribution in [3.05, 3.63) is 35.3 Å². The number of amides is 2. The first-order valence-corrected chi connectivity index (χ1v) is 7.35. The Labute approximate surface area is 123 Å². The molecule has 0 saturated heterocycles. The number of hydrogen-bond donors (Lipinski definition) is 3. The third-order valence-electron chi connectivity index (χ3n) is 4.17. The van der Waals surface area contributed by atoms with E-state index in [-0.39, 0.29) is 11.8 Å². The van der Waals surface area contributed by atoms with Crippen molar-refractivity contribution >= 4 is 16.9 Å². The molecule has 5 heteroatoms. The molecule has 1 aliphatic rings. The summed E-state index contributed by atoms with van der Waals surface area (Å²) >= 11 is 0. The van der Waals surface area contributed by atoms with Crippen molar-refractivity contribution in [3.8, 4) is 0 Å². The van der Waals surface area contributed by atoms with Crippen LogP contribution in [0.2, 0.25) is 0 Å². The first-order valence-electron chi connectivity index (χ1n) is 7.35. The number of nitrogens with one attached hydrogen (secondary N) is 3. The average Bonchev–Trinajstić information content (AvgIpc) is 3.01. The van der Waals surface area contributed by atoms with Gasteiger partial charge in [0.15, 0.2) is 0 Å². The third-order valence-corrected chi connectivity index (χ3v) is 4.17. The fourth-order valence-electron chi connectivity index (χ4n) is 2.73. The summed E-state index contributed by atoms with van der Waals surface area (Å²) in [6.45, 7) is 4.66. The van der Waals surface area contributed by atoms with Gasteiger partial charge in [-0.1, -0.05) is 6.92 Å². The largest absolute Gasteiger partial charge is 0.358 e. The number of rotatable bonds is 4. The van der Waals surface area contributed by atoms with Crippen LogP contribution in [-0.4, -0.2) is 23.6 Å². The summed E-state index contributed by atoms with van der Waals surface area (Å²) in [4.78, 5) is 14.9. The molecular weight excluding hydrogens is 269 g/mol. The molecule has 4 nitrogen and oxygen atoms in total. The van der Waals surface area contributed by atoms with Gasteiger partial charge in [-0.3, -0.25) is 0 Å². The fraction of sp³-hybridized carbons (Fsp3) is 0.438. The van der Waals surface area contributed by atoms with Gasteiger partial charge in [0.05, 0.1) is 0 Å². The Kier molecular flexibility index (Phi) is 3.57. The van der Waals surface area contributed by atoms with Gasteiger partial charge in [-0.05, 0) is 49.4 Å². The summed E-state index contributed by atoms with van der Waals surface area (Å²) in [6.07, 6.45) is 1.80. The second kappa shape index (κ2) is 5.39. The Hall–Kier alpha value is -2.04. The maximum Gasteiger partial charge on any atom is 0.315 e. The Morgan fingerprint density at radius 1 is 1.48 bits per heavy atom. The third kappa shape index (κ3) is 3.01. The van der Waals surface area contributed by atoms with Crippen molar-refractivity contribution in [2.24, 2.45) is 5.92 Å². The van der Waals surface area contributed by atoms with Crippen molar-refractivity contribution in [1.82, 2.24) is 15.6 Å². The van der Waals surface area contributed by atoms with Gasteiger partial charge in [0.2, 0.25) is 0 Å². The van der Waals surface area contributed by atoms with Gasteiger partial charge >= 0.3 is 6.03 Å². The molecule has 1 aromatic heterocycles. The number of aryl methyl sites for hydroxylation is 1. The van der Waals surface area contributed by atoms with Gasteiger partial charge in [-0.25, -0.2) is 9.18 Å². The van der Waals surface area contributed by atoms with Crippen LogP contribution in [0.25, 0.3) is 10.9 Å². The van der Waals surface area contributed by atoms with Crippen LogP contribution in [-0.2, 0) is 6.42 Å². The highest BCUT2D eigenvalue weighted by Crippen LogP contribution is 2.28. The minimum absolute atomic E-state index is 0.104. The predicted molar refractivity (Wildman–Crippen MR) is 80.8 cm³/mol. The maximum atomic E-state index is 13.2. The number of H-pyrrole nitrogens is 1. The van der Waals surface area contributed by atoms with Crippen LogP contribution in [0.4, 0.5) is 9.18 Å². The van der Waals surface area contributed by atoms with Gasteiger partial charge < -0.3 is 15.6 Å². The number of carbonyl (C=O) groups is 1. The van der Waals surface area contributed by atoms with Crippen LogP contribution in [0.1, 0.15) is 24.6 Å². The van der Waals surface area contributed by atoms with E-state index in [1.807, 2.05) is 6.92 Å². The minimum atomic E-state index is -0.244. The zero-order chi connectivity index (χ0) is 15.0. The zero-order valence-electron chi connectivity index (χ0n) is 12.3. The molecule has 0 aliphatic heterocycles. The molecule has 1 aliphatic carbocycles. The quantitative estimate of drug-likeness (QED) is 0.796. The van der Waals surface area contributed by atoms with Gasteiger partial charge in [0.25, 0.3) is 0 Å². The minimum Gasteiger partial charge on any atom is -0.358 e. The molecule has 0 bridgehead atoms. The van der Waals surface area contributed by atoms with Gasteiger partial charge in [-0.2, -0.15) is 0 Å². The lowest BCUT2D eigenvalue weighted by atomic mass is 10.1. The maximum absolute atomic E-state index is 13.2. The Balaban J connectivity index is 1.60. The molecule has 1 fully saturated rings. The van der Waals surface area contributed by atoms with E-state index in [9.17, 15) is 9.18 Å². The lowest BCUT2D eigenvalue weighted by Crippen LogP contribution is -2.38. The SMILES string of the molecule is Cc1[nH]c2cc(F)ccc2c1CCNC(=O)NC1CC1C. The first-order chi connectivity index (χ1) is 10.0. The lowest BCUT2D eigenvalue weighted by Gasteiger charge is -2.07. The summed E-state index contributed by atoms with van der Waals surface area (Å²) in [5.74, 6) is 0.355. The van der Waals surface area contributed by atoms with Crippen LogP contribution in [0, 0.1) is 18.7 Å². The fourth-order valence-corrected chi connectivity index (χ4v) is 2.73. The van der Waals surface area contributed by atoms with E-state index in [4.69, 9.17) is 0 Å². The van der Waals surface area contributed by atoms with E-state index < -0.39 is 0 Å². The highest BCUT2D eigenvalue weighted by Gasteiger charge is 2.33. The topological polar surface area (TPSA) is 56.9 Å². The number of hydrogen-bond acceptors (Lipinski definition) is 1. The number of fused-ring (bicyclic) bond motifs is 1. The van der Waals surface area contributed by atoms with Gasteiger partial charge in [0, 0.05) is 29.2 Å². The molecule has 2 aromatic rings. The smallest absolute Gasteiger partial charge is 0.315 e. The molecule has 3 rings (SSSR count). The van der Waals surface area contributed by atoms with Crippen LogP contribution >= 0.6 is 0 Å². The zero-order valence-corrected chi connectivity index (χ0v) is 12.3. The van der Waals surface area contributed by atoms with Crippen molar-refractivity contribution in [3.63, 3.8) is 0 Å². The van der Waals surface area contributed by atoms with Crippen LogP contribution in [0.5, 0.6) is 0 Å². The molecule has 2 unspecified atom stereocenters. The second-order valence-electron chi connectivity index (χ2n) is 5.89. The summed E-state index contributed by atoms with van der Waals surface area (Å²) in [7, 11) is 0. The Morgan fingerprint density at radius 2 is 2.24 bits per heavy atom. The number of aromatic nitrogens is 1. The average molecular weight is 289 g/mol. The van der Waals surface area contributed by atoms with Crippen molar-refractivity contribution in [2.75, 3.05) is 6.54 Å². The van der Waals surface area contributed by atoms with E-state index in [0.29, 0.717) is 18.5 Å². The standard InChI is InChI=1S/C16H20FN3O/c1-9-7-14(9)20-16(21)18-6-5-12-10(2)19-15-8-11(17)3-4-13(12)15/h3-4,8-9,14,19H,5-7H2,1-2H3,(H2,18,20,21). The monoisotopic (exact) mass is 289 g/mol. The van der Waals surface area contributed by atoms with E-state index >= 15 is 0 Å². The molecule has 2 amide bonds. The van der Waals surface area contributed by atoms with Crippen molar-refractivity contribution in [1.29, 1.82) is 0 Å². The number of carbonyl (C=O) groups excluding carboxylic acids is 1. The first kappa shape index (κ1) is 13.9. The number of benzene rings is 1. The second-order valence-corrected chi connectivity index (χ2v) is 5.89. The molecule has 1 aromatic carbocycles. The van der Waals surface area contributed by atoms with Crippen molar-refractivity contribution in [2.45, 2.75) is 32.7 Å². The molecule has 3 N–H and O–H groups in total. The number of halogens is 1. The Morgan fingerprint density at radius 3 is 2.95 bits per heavy atom. The van der Waals surface area contributed by atoms with E-state index in [1.165, 1.54) is 12.1 Å². The van der Waals surface area contributed by atoms with E-state index in [0.717, 1.165) is 35.0 Å². The molecular formula is C16H20FN3O. The highest BCUT2D eigenvalue weighted by atomic mass is 19.1.